The maximum Gasteiger partial charge on any atom is 0.227 e. The molecule has 0 radical (unpaired) electrons. The second-order valence-electron chi connectivity index (χ2n) is 5.03. The summed E-state index contributed by atoms with van der Waals surface area (Å²) < 4.78 is 15.9. The summed E-state index contributed by atoms with van der Waals surface area (Å²) in [5, 5.41) is 2.81. The van der Waals surface area contributed by atoms with Crippen LogP contribution in [-0.4, -0.2) is 26.7 Å². The van der Waals surface area contributed by atoms with Crippen LogP contribution in [0.1, 0.15) is 12.0 Å². The number of hydrogen-bond donors (Lipinski definition) is 1. The van der Waals surface area contributed by atoms with Crippen LogP contribution in [0, 0.1) is 6.92 Å². The van der Waals surface area contributed by atoms with E-state index in [1.807, 2.05) is 31.2 Å². The van der Waals surface area contributed by atoms with E-state index in [0.29, 0.717) is 23.8 Å². The smallest absolute Gasteiger partial charge is 0.227 e. The molecule has 0 aliphatic heterocycles. The van der Waals surface area contributed by atoms with Crippen LogP contribution < -0.4 is 19.5 Å². The fourth-order valence-corrected chi connectivity index (χ4v) is 2.02. The fraction of sp³-hybridized carbons (Fsp3) is 0.278. The van der Waals surface area contributed by atoms with Gasteiger partial charge in [-0.1, -0.05) is 17.7 Å². The summed E-state index contributed by atoms with van der Waals surface area (Å²) in [6.45, 7) is 2.32. The van der Waals surface area contributed by atoms with E-state index in [9.17, 15) is 4.79 Å². The Morgan fingerprint density at radius 1 is 1.00 bits per heavy atom. The van der Waals surface area contributed by atoms with Crippen molar-refractivity contribution in [3.8, 4) is 17.2 Å². The van der Waals surface area contributed by atoms with Crippen molar-refractivity contribution in [3.05, 3.63) is 48.0 Å². The van der Waals surface area contributed by atoms with Crippen molar-refractivity contribution in [2.24, 2.45) is 0 Å². The van der Waals surface area contributed by atoms with Gasteiger partial charge in [0.15, 0.2) is 0 Å². The zero-order chi connectivity index (χ0) is 16.7. The van der Waals surface area contributed by atoms with Crippen LogP contribution >= 0.6 is 0 Å². The number of methoxy groups -OCH3 is 2. The molecular weight excluding hydrogens is 294 g/mol. The Kier molecular flexibility index (Phi) is 5.86. The van der Waals surface area contributed by atoms with E-state index in [1.54, 1.807) is 32.4 Å². The van der Waals surface area contributed by atoms with E-state index >= 15 is 0 Å². The highest BCUT2D eigenvalue weighted by atomic mass is 16.5. The standard InChI is InChI=1S/C18H21NO4/c1-13-4-6-14(7-5-13)23-11-10-18(20)19-16-12-15(21-2)8-9-17(16)22-3/h4-9,12H,10-11H2,1-3H3,(H,19,20). The topological polar surface area (TPSA) is 56.8 Å². The van der Waals surface area contributed by atoms with Crippen LogP contribution in [0.5, 0.6) is 17.2 Å². The predicted octanol–water partition coefficient (Wildman–Crippen LogP) is 3.42. The Hall–Kier alpha value is -2.69. The van der Waals surface area contributed by atoms with Gasteiger partial charge in [-0.25, -0.2) is 0 Å². The molecule has 0 saturated heterocycles. The number of amides is 1. The molecule has 122 valence electrons. The number of benzene rings is 2. The molecule has 1 amide bonds. The minimum atomic E-state index is -0.149. The highest BCUT2D eigenvalue weighted by Crippen LogP contribution is 2.28. The molecule has 2 aromatic rings. The summed E-state index contributed by atoms with van der Waals surface area (Å²) >= 11 is 0. The van der Waals surface area contributed by atoms with Gasteiger partial charge < -0.3 is 19.5 Å². The molecular formula is C18H21NO4. The number of carbonyl (C=O) groups excluding carboxylic acids is 1. The normalized spacial score (nSPS) is 10.0. The maximum absolute atomic E-state index is 12.0. The van der Waals surface area contributed by atoms with E-state index in [4.69, 9.17) is 14.2 Å². The lowest BCUT2D eigenvalue weighted by atomic mass is 10.2. The minimum absolute atomic E-state index is 0.149. The summed E-state index contributed by atoms with van der Waals surface area (Å²) in [7, 11) is 3.13. The number of aryl methyl sites for hydroxylation is 1. The van der Waals surface area contributed by atoms with Crippen molar-refractivity contribution in [1.29, 1.82) is 0 Å². The zero-order valence-corrected chi connectivity index (χ0v) is 13.6. The Labute approximate surface area is 136 Å². The number of carbonyl (C=O) groups is 1. The van der Waals surface area contributed by atoms with Crippen molar-refractivity contribution in [2.45, 2.75) is 13.3 Å². The molecule has 0 unspecified atom stereocenters. The van der Waals surface area contributed by atoms with E-state index in [0.717, 1.165) is 5.75 Å². The first-order valence-electron chi connectivity index (χ1n) is 7.33. The number of rotatable bonds is 7. The van der Waals surface area contributed by atoms with Gasteiger partial charge in [-0.15, -0.1) is 0 Å². The van der Waals surface area contributed by atoms with Crippen molar-refractivity contribution in [3.63, 3.8) is 0 Å². The van der Waals surface area contributed by atoms with Gasteiger partial charge in [0.1, 0.15) is 17.2 Å². The first-order valence-corrected chi connectivity index (χ1v) is 7.33. The number of hydrogen-bond acceptors (Lipinski definition) is 4. The SMILES string of the molecule is COc1ccc(OC)c(NC(=O)CCOc2ccc(C)cc2)c1. The van der Waals surface area contributed by atoms with Crippen molar-refractivity contribution >= 4 is 11.6 Å². The van der Waals surface area contributed by atoms with Crippen molar-refractivity contribution in [1.82, 2.24) is 0 Å². The molecule has 0 spiro atoms. The maximum atomic E-state index is 12.0. The van der Waals surface area contributed by atoms with Gasteiger partial charge in [0.25, 0.3) is 0 Å². The highest BCUT2D eigenvalue weighted by molar-refractivity contribution is 5.92. The molecule has 2 aromatic carbocycles. The Bertz CT molecular complexity index is 653. The molecule has 0 aliphatic rings. The van der Waals surface area contributed by atoms with Crippen LogP contribution in [-0.2, 0) is 4.79 Å². The van der Waals surface area contributed by atoms with Crippen LogP contribution in [0.4, 0.5) is 5.69 Å². The second kappa shape index (κ2) is 8.08. The second-order valence-corrected chi connectivity index (χ2v) is 5.03. The summed E-state index contributed by atoms with van der Waals surface area (Å²) in [4.78, 5) is 12.0. The zero-order valence-electron chi connectivity index (χ0n) is 13.6. The van der Waals surface area contributed by atoms with E-state index in [1.165, 1.54) is 5.56 Å². The summed E-state index contributed by atoms with van der Waals surface area (Å²) in [5.41, 5.74) is 1.74. The van der Waals surface area contributed by atoms with Gasteiger partial charge in [0.2, 0.25) is 5.91 Å². The third-order valence-corrected chi connectivity index (χ3v) is 3.30. The number of ether oxygens (including phenoxy) is 3. The third-order valence-electron chi connectivity index (χ3n) is 3.30. The molecule has 0 atom stereocenters. The molecule has 2 rings (SSSR count). The molecule has 5 heteroatoms. The lowest BCUT2D eigenvalue weighted by Crippen LogP contribution is -2.15. The van der Waals surface area contributed by atoms with Crippen molar-refractivity contribution in [2.75, 3.05) is 26.1 Å². The largest absolute Gasteiger partial charge is 0.497 e. The monoisotopic (exact) mass is 315 g/mol. The summed E-state index contributed by atoms with van der Waals surface area (Å²) in [6, 6.07) is 13.0. The highest BCUT2D eigenvalue weighted by Gasteiger charge is 2.09. The van der Waals surface area contributed by atoms with E-state index < -0.39 is 0 Å². The molecule has 0 aromatic heterocycles. The van der Waals surface area contributed by atoms with Crippen LogP contribution in [0.2, 0.25) is 0 Å². The van der Waals surface area contributed by atoms with Crippen LogP contribution in [0.3, 0.4) is 0 Å². The van der Waals surface area contributed by atoms with Gasteiger partial charge >= 0.3 is 0 Å². The number of anilines is 1. The lowest BCUT2D eigenvalue weighted by molar-refractivity contribution is -0.116. The molecule has 5 nitrogen and oxygen atoms in total. The van der Waals surface area contributed by atoms with Crippen molar-refractivity contribution < 1.29 is 19.0 Å². The van der Waals surface area contributed by atoms with Gasteiger partial charge in [-0.2, -0.15) is 0 Å². The first kappa shape index (κ1) is 16.7. The summed E-state index contributed by atoms with van der Waals surface area (Å²) in [5.74, 6) is 1.83. The van der Waals surface area contributed by atoms with E-state index in [-0.39, 0.29) is 12.3 Å². The Morgan fingerprint density at radius 3 is 2.35 bits per heavy atom. The molecule has 0 bridgehead atoms. The molecule has 0 heterocycles. The third kappa shape index (κ3) is 4.92. The fourth-order valence-electron chi connectivity index (χ4n) is 2.02. The molecule has 23 heavy (non-hydrogen) atoms. The molecule has 0 aliphatic carbocycles. The quantitative estimate of drug-likeness (QED) is 0.850. The van der Waals surface area contributed by atoms with Gasteiger partial charge in [-0.3, -0.25) is 4.79 Å². The molecule has 1 N–H and O–H groups in total. The Balaban J connectivity index is 1.88. The van der Waals surface area contributed by atoms with Crippen LogP contribution in [0.15, 0.2) is 42.5 Å². The Morgan fingerprint density at radius 2 is 1.70 bits per heavy atom. The average Bonchev–Trinajstić information content (AvgIpc) is 2.56. The lowest BCUT2D eigenvalue weighted by Gasteiger charge is -2.12. The van der Waals surface area contributed by atoms with Gasteiger partial charge in [0.05, 0.1) is 32.9 Å². The number of nitrogens with one attached hydrogen (secondary N) is 1. The average molecular weight is 315 g/mol. The predicted molar refractivity (Wildman–Crippen MR) is 89.5 cm³/mol. The van der Waals surface area contributed by atoms with Gasteiger partial charge in [-0.05, 0) is 31.2 Å². The summed E-state index contributed by atoms with van der Waals surface area (Å²) in [6.07, 6.45) is 0.244. The molecule has 0 saturated carbocycles. The van der Waals surface area contributed by atoms with Gasteiger partial charge in [0, 0.05) is 6.07 Å². The van der Waals surface area contributed by atoms with E-state index in [2.05, 4.69) is 5.32 Å². The van der Waals surface area contributed by atoms with Crippen LogP contribution in [0.25, 0.3) is 0 Å². The molecule has 0 fully saturated rings. The first-order chi connectivity index (χ1) is 11.1. The minimum Gasteiger partial charge on any atom is -0.497 e.